The van der Waals surface area contributed by atoms with E-state index in [1.165, 1.54) is 0 Å². The standard InChI is InChI=1S/C19H25N5O3/c1-13-11-20-24(12-13)15-5-8-22(9-6-15)18(25)19(26)23-7-3-4-17(23)16-10-14(2)27-21-16/h10-12,15,17H,3-9H2,1-2H3. The number of likely N-dealkylation sites (tertiary alicyclic amines) is 2. The fourth-order valence-corrected chi connectivity index (χ4v) is 4.08. The lowest BCUT2D eigenvalue weighted by Crippen LogP contribution is -2.48. The number of rotatable bonds is 2. The summed E-state index contributed by atoms with van der Waals surface area (Å²) < 4.78 is 7.12. The van der Waals surface area contributed by atoms with Crippen molar-refractivity contribution in [1.29, 1.82) is 0 Å². The summed E-state index contributed by atoms with van der Waals surface area (Å²) in [6.45, 7) is 5.59. The Bertz CT molecular complexity index is 834. The molecule has 0 bridgehead atoms. The highest BCUT2D eigenvalue weighted by molar-refractivity contribution is 6.35. The van der Waals surface area contributed by atoms with Gasteiger partial charge in [0.25, 0.3) is 0 Å². The van der Waals surface area contributed by atoms with E-state index in [0.29, 0.717) is 25.4 Å². The number of aromatic nitrogens is 3. The average molecular weight is 371 g/mol. The van der Waals surface area contributed by atoms with Crippen molar-refractivity contribution < 1.29 is 14.1 Å². The largest absolute Gasteiger partial charge is 0.361 e. The van der Waals surface area contributed by atoms with Crippen LogP contribution in [0.5, 0.6) is 0 Å². The molecule has 8 heteroatoms. The van der Waals surface area contributed by atoms with Crippen molar-refractivity contribution >= 4 is 11.8 Å². The molecule has 27 heavy (non-hydrogen) atoms. The van der Waals surface area contributed by atoms with Crippen LogP contribution >= 0.6 is 0 Å². The van der Waals surface area contributed by atoms with Crippen molar-refractivity contribution in [2.24, 2.45) is 0 Å². The second-order valence-corrected chi connectivity index (χ2v) is 7.54. The molecule has 0 N–H and O–H groups in total. The van der Waals surface area contributed by atoms with E-state index in [-0.39, 0.29) is 12.1 Å². The van der Waals surface area contributed by atoms with E-state index >= 15 is 0 Å². The van der Waals surface area contributed by atoms with Gasteiger partial charge in [-0.25, -0.2) is 0 Å². The zero-order valence-electron chi connectivity index (χ0n) is 15.8. The summed E-state index contributed by atoms with van der Waals surface area (Å²) in [6, 6.07) is 1.97. The molecule has 4 heterocycles. The molecule has 2 aromatic rings. The minimum Gasteiger partial charge on any atom is -0.361 e. The Hall–Kier alpha value is -2.64. The first-order valence-corrected chi connectivity index (χ1v) is 9.57. The van der Waals surface area contributed by atoms with Gasteiger partial charge in [-0.05, 0) is 45.1 Å². The fourth-order valence-electron chi connectivity index (χ4n) is 4.08. The molecule has 0 spiro atoms. The van der Waals surface area contributed by atoms with E-state index in [1.807, 2.05) is 37.0 Å². The maximum atomic E-state index is 12.8. The Balaban J connectivity index is 1.38. The number of piperidine rings is 1. The molecule has 8 nitrogen and oxygen atoms in total. The highest BCUT2D eigenvalue weighted by atomic mass is 16.5. The molecule has 0 aliphatic carbocycles. The summed E-state index contributed by atoms with van der Waals surface area (Å²) in [5.41, 5.74) is 1.87. The quantitative estimate of drug-likeness (QED) is 0.754. The van der Waals surface area contributed by atoms with Gasteiger partial charge in [0.2, 0.25) is 0 Å². The van der Waals surface area contributed by atoms with Crippen LogP contribution < -0.4 is 0 Å². The van der Waals surface area contributed by atoms with Gasteiger partial charge in [-0.3, -0.25) is 14.3 Å². The third kappa shape index (κ3) is 3.48. The van der Waals surface area contributed by atoms with Crippen molar-refractivity contribution in [2.45, 2.75) is 51.6 Å². The maximum Gasteiger partial charge on any atom is 0.312 e. The first-order valence-electron chi connectivity index (χ1n) is 9.57. The van der Waals surface area contributed by atoms with Gasteiger partial charge >= 0.3 is 11.8 Å². The first kappa shape index (κ1) is 17.8. The topological polar surface area (TPSA) is 84.5 Å². The van der Waals surface area contributed by atoms with Gasteiger partial charge in [0.15, 0.2) is 0 Å². The molecule has 2 aromatic heterocycles. The zero-order valence-corrected chi connectivity index (χ0v) is 15.8. The lowest BCUT2D eigenvalue weighted by atomic mass is 10.0. The second kappa shape index (κ2) is 7.17. The number of amides is 2. The van der Waals surface area contributed by atoms with Crippen LogP contribution in [-0.4, -0.2) is 56.2 Å². The number of carbonyl (C=O) groups excluding carboxylic acids is 2. The molecule has 0 aromatic carbocycles. The van der Waals surface area contributed by atoms with E-state index in [4.69, 9.17) is 4.52 Å². The number of carbonyl (C=O) groups is 2. The predicted molar refractivity (Wildman–Crippen MR) is 96.7 cm³/mol. The minimum absolute atomic E-state index is 0.163. The molecule has 0 saturated carbocycles. The zero-order chi connectivity index (χ0) is 19.0. The summed E-state index contributed by atoms with van der Waals surface area (Å²) >= 11 is 0. The summed E-state index contributed by atoms with van der Waals surface area (Å²) in [6.07, 6.45) is 7.18. The first-order chi connectivity index (χ1) is 13.0. The lowest BCUT2D eigenvalue weighted by molar-refractivity contribution is -0.153. The van der Waals surface area contributed by atoms with Crippen molar-refractivity contribution in [3.63, 3.8) is 0 Å². The van der Waals surface area contributed by atoms with Crippen LogP contribution in [0.4, 0.5) is 0 Å². The van der Waals surface area contributed by atoms with Gasteiger partial charge in [-0.15, -0.1) is 0 Å². The number of hydrogen-bond donors (Lipinski definition) is 0. The SMILES string of the molecule is Cc1cnn(C2CCN(C(=O)C(=O)N3CCCC3c3cc(C)on3)CC2)c1. The molecule has 1 atom stereocenters. The average Bonchev–Trinajstić information content (AvgIpc) is 3.41. The van der Waals surface area contributed by atoms with Crippen molar-refractivity contribution in [1.82, 2.24) is 24.7 Å². The molecule has 0 radical (unpaired) electrons. The molecule has 2 aliphatic rings. The van der Waals surface area contributed by atoms with E-state index in [9.17, 15) is 9.59 Å². The summed E-state index contributed by atoms with van der Waals surface area (Å²) in [7, 11) is 0. The van der Waals surface area contributed by atoms with Crippen LogP contribution in [0.3, 0.4) is 0 Å². The molecular formula is C19H25N5O3. The fraction of sp³-hybridized carbons (Fsp3) is 0.579. The van der Waals surface area contributed by atoms with E-state index in [2.05, 4.69) is 10.3 Å². The van der Waals surface area contributed by atoms with Gasteiger partial charge in [-0.2, -0.15) is 5.10 Å². The van der Waals surface area contributed by atoms with Crippen molar-refractivity contribution in [3.05, 3.63) is 35.5 Å². The molecule has 1 unspecified atom stereocenters. The maximum absolute atomic E-state index is 12.8. The van der Waals surface area contributed by atoms with Crippen LogP contribution in [0.1, 0.15) is 54.8 Å². The van der Waals surface area contributed by atoms with Crippen LogP contribution in [0.2, 0.25) is 0 Å². The van der Waals surface area contributed by atoms with E-state index in [1.54, 1.807) is 9.80 Å². The van der Waals surface area contributed by atoms with Gasteiger partial charge in [0, 0.05) is 31.9 Å². The molecule has 2 amide bonds. The van der Waals surface area contributed by atoms with E-state index in [0.717, 1.165) is 36.9 Å². The van der Waals surface area contributed by atoms with Crippen LogP contribution in [0, 0.1) is 13.8 Å². The van der Waals surface area contributed by atoms with Gasteiger partial charge in [0.1, 0.15) is 11.5 Å². The van der Waals surface area contributed by atoms with Crippen molar-refractivity contribution in [3.8, 4) is 0 Å². The number of aryl methyl sites for hydroxylation is 2. The molecule has 2 fully saturated rings. The number of hydrogen-bond acceptors (Lipinski definition) is 5. The third-order valence-electron chi connectivity index (χ3n) is 5.54. The molecule has 144 valence electrons. The molecule has 2 aliphatic heterocycles. The summed E-state index contributed by atoms with van der Waals surface area (Å²) in [5.74, 6) is -0.115. The molecule has 4 rings (SSSR count). The summed E-state index contributed by atoms with van der Waals surface area (Å²) in [5, 5.41) is 8.42. The Morgan fingerprint density at radius 1 is 1.11 bits per heavy atom. The van der Waals surface area contributed by atoms with E-state index < -0.39 is 11.8 Å². The van der Waals surface area contributed by atoms with Gasteiger partial charge < -0.3 is 14.3 Å². The Labute approximate surface area is 158 Å². The van der Waals surface area contributed by atoms with Gasteiger partial charge in [-0.1, -0.05) is 5.16 Å². The normalized spacial score (nSPS) is 21.0. The Kier molecular flexibility index (Phi) is 4.72. The second-order valence-electron chi connectivity index (χ2n) is 7.54. The van der Waals surface area contributed by atoms with Crippen LogP contribution in [0.15, 0.2) is 23.0 Å². The van der Waals surface area contributed by atoms with Crippen LogP contribution in [0.25, 0.3) is 0 Å². The Morgan fingerprint density at radius 3 is 2.52 bits per heavy atom. The summed E-state index contributed by atoms with van der Waals surface area (Å²) in [4.78, 5) is 29.0. The number of nitrogens with zero attached hydrogens (tertiary/aromatic N) is 5. The highest BCUT2D eigenvalue weighted by Crippen LogP contribution is 2.32. The predicted octanol–water partition coefficient (Wildman–Crippen LogP) is 2.02. The Morgan fingerprint density at radius 2 is 1.89 bits per heavy atom. The monoisotopic (exact) mass is 371 g/mol. The molecule has 2 saturated heterocycles. The highest BCUT2D eigenvalue weighted by Gasteiger charge is 2.37. The van der Waals surface area contributed by atoms with Gasteiger partial charge in [0.05, 0.1) is 18.3 Å². The lowest BCUT2D eigenvalue weighted by Gasteiger charge is -2.33. The third-order valence-corrected chi connectivity index (χ3v) is 5.54. The molecular weight excluding hydrogens is 346 g/mol. The van der Waals surface area contributed by atoms with Crippen LogP contribution in [-0.2, 0) is 9.59 Å². The minimum atomic E-state index is -0.425. The smallest absolute Gasteiger partial charge is 0.312 e. The van der Waals surface area contributed by atoms with Crippen molar-refractivity contribution in [2.75, 3.05) is 19.6 Å².